The Labute approximate surface area is 145 Å². The predicted octanol–water partition coefficient (Wildman–Crippen LogP) is 4.30. The summed E-state index contributed by atoms with van der Waals surface area (Å²) in [5.74, 6) is 1.39. The SMILES string of the molecule is COc1cc(C)cc2c1OCC[C@H]2NC(=O)Nc1ccc(Cl)cc1. The van der Waals surface area contributed by atoms with Crippen molar-refractivity contribution in [2.24, 2.45) is 0 Å². The van der Waals surface area contributed by atoms with Crippen molar-refractivity contribution in [3.05, 3.63) is 52.5 Å². The van der Waals surface area contributed by atoms with Gasteiger partial charge in [-0.3, -0.25) is 0 Å². The van der Waals surface area contributed by atoms with E-state index in [1.165, 1.54) is 0 Å². The van der Waals surface area contributed by atoms with E-state index in [1.54, 1.807) is 31.4 Å². The smallest absolute Gasteiger partial charge is 0.319 e. The first-order valence-electron chi connectivity index (χ1n) is 7.71. The van der Waals surface area contributed by atoms with Gasteiger partial charge < -0.3 is 20.1 Å². The number of benzene rings is 2. The molecule has 5 nitrogen and oxygen atoms in total. The summed E-state index contributed by atoms with van der Waals surface area (Å²) in [7, 11) is 1.61. The van der Waals surface area contributed by atoms with Crippen LogP contribution >= 0.6 is 11.6 Å². The molecule has 24 heavy (non-hydrogen) atoms. The fourth-order valence-electron chi connectivity index (χ4n) is 2.77. The van der Waals surface area contributed by atoms with E-state index in [2.05, 4.69) is 10.6 Å². The van der Waals surface area contributed by atoms with Gasteiger partial charge in [0.15, 0.2) is 11.5 Å². The van der Waals surface area contributed by atoms with Crippen LogP contribution in [-0.2, 0) is 0 Å². The van der Waals surface area contributed by atoms with Crippen LogP contribution in [0.5, 0.6) is 11.5 Å². The van der Waals surface area contributed by atoms with Crippen LogP contribution in [0.25, 0.3) is 0 Å². The van der Waals surface area contributed by atoms with Crippen LogP contribution in [-0.4, -0.2) is 19.7 Å². The van der Waals surface area contributed by atoms with E-state index in [4.69, 9.17) is 21.1 Å². The molecule has 2 aromatic carbocycles. The molecule has 1 heterocycles. The van der Waals surface area contributed by atoms with Gasteiger partial charge in [0.2, 0.25) is 0 Å². The largest absolute Gasteiger partial charge is 0.493 e. The zero-order chi connectivity index (χ0) is 17.1. The maximum Gasteiger partial charge on any atom is 0.319 e. The average molecular weight is 347 g/mol. The van der Waals surface area contributed by atoms with Crippen LogP contribution < -0.4 is 20.1 Å². The number of amides is 2. The summed E-state index contributed by atoms with van der Waals surface area (Å²) in [5, 5.41) is 6.43. The molecule has 0 radical (unpaired) electrons. The molecule has 0 bridgehead atoms. The Hall–Kier alpha value is -2.40. The molecule has 0 saturated carbocycles. The third kappa shape index (κ3) is 3.57. The zero-order valence-electron chi connectivity index (χ0n) is 13.6. The molecule has 1 aliphatic rings. The lowest BCUT2D eigenvalue weighted by molar-refractivity contribution is 0.226. The van der Waals surface area contributed by atoms with E-state index in [-0.39, 0.29) is 12.1 Å². The number of fused-ring (bicyclic) bond motifs is 1. The van der Waals surface area contributed by atoms with Crippen LogP contribution in [0.1, 0.15) is 23.6 Å². The maximum atomic E-state index is 12.3. The summed E-state index contributed by atoms with van der Waals surface area (Å²) in [4.78, 5) is 12.3. The van der Waals surface area contributed by atoms with Crippen molar-refractivity contribution < 1.29 is 14.3 Å². The Balaban J connectivity index is 1.76. The second-order valence-corrected chi connectivity index (χ2v) is 6.12. The second kappa shape index (κ2) is 7.01. The molecule has 2 N–H and O–H groups in total. The van der Waals surface area contributed by atoms with Crippen LogP contribution in [0.3, 0.4) is 0 Å². The first-order valence-corrected chi connectivity index (χ1v) is 8.09. The van der Waals surface area contributed by atoms with Crippen molar-refractivity contribution in [2.75, 3.05) is 19.0 Å². The molecule has 1 atom stereocenters. The molecule has 3 rings (SSSR count). The lowest BCUT2D eigenvalue weighted by Gasteiger charge is -2.28. The van der Waals surface area contributed by atoms with E-state index in [9.17, 15) is 4.79 Å². The molecular formula is C18H19ClN2O3. The number of halogens is 1. The number of anilines is 1. The van der Waals surface area contributed by atoms with Gasteiger partial charge in [-0.1, -0.05) is 17.7 Å². The van der Waals surface area contributed by atoms with Crippen LogP contribution in [0.4, 0.5) is 10.5 Å². The quantitative estimate of drug-likeness (QED) is 0.871. The molecule has 0 aromatic heterocycles. The molecule has 126 valence electrons. The number of hydrogen-bond acceptors (Lipinski definition) is 3. The fourth-order valence-corrected chi connectivity index (χ4v) is 2.90. The van der Waals surface area contributed by atoms with Gasteiger partial charge in [-0.2, -0.15) is 0 Å². The van der Waals surface area contributed by atoms with Gasteiger partial charge in [-0.25, -0.2) is 4.79 Å². The number of aryl methyl sites for hydroxylation is 1. The number of methoxy groups -OCH3 is 1. The fraction of sp³-hybridized carbons (Fsp3) is 0.278. The van der Waals surface area contributed by atoms with Gasteiger partial charge in [0, 0.05) is 22.7 Å². The summed E-state index contributed by atoms with van der Waals surface area (Å²) in [6, 6.07) is 10.5. The van der Waals surface area contributed by atoms with Crippen LogP contribution in [0, 0.1) is 6.92 Å². The number of nitrogens with one attached hydrogen (secondary N) is 2. The Morgan fingerprint density at radius 2 is 2.04 bits per heavy atom. The molecule has 0 fully saturated rings. The third-order valence-electron chi connectivity index (χ3n) is 3.88. The average Bonchev–Trinajstić information content (AvgIpc) is 2.57. The van der Waals surface area contributed by atoms with Gasteiger partial charge in [-0.05, 0) is 42.8 Å². The van der Waals surface area contributed by atoms with Crippen molar-refractivity contribution in [3.8, 4) is 11.5 Å². The topological polar surface area (TPSA) is 59.6 Å². The van der Waals surface area contributed by atoms with Crippen molar-refractivity contribution >= 4 is 23.3 Å². The lowest BCUT2D eigenvalue weighted by atomic mass is 9.98. The number of carbonyl (C=O) groups is 1. The van der Waals surface area contributed by atoms with Gasteiger partial charge in [0.1, 0.15) is 0 Å². The summed E-state index contributed by atoms with van der Waals surface area (Å²) in [5.41, 5.74) is 2.68. The van der Waals surface area contributed by atoms with E-state index in [0.717, 1.165) is 11.1 Å². The predicted molar refractivity (Wildman–Crippen MR) is 94.2 cm³/mol. The molecular weight excluding hydrogens is 328 g/mol. The standard InChI is InChI=1S/C18H19ClN2O3/c1-11-9-14-15(7-8-24-17(14)16(10-11)23-2)21-18(22)20-13-5-3-12(19)4-6-13/h3-6,9-10,15H,7-8H2,1-2H3,(H2,20,21,22)/t15-/m1/s1. The molecule has 2 aromatic rings. The third-order valence-corrected chi connectivity index (χ3v) is 4.14. The van der Waals surface area contributed by atoms with Crippen LogP contribution in [0.15, 0.2) is 36.4 Å². The Bertz CT molecular complexity index is 747. The number of ether oxygens (including phenoxy) is 2. The van der Waals surface area contributed by atoms with Crippen molar-refractivity contribution in [1.82, 2.24) is 5.32 Å². The van der Waals surface area contributed by atoms with Crippen molar-refractivity contribution in [2.45, 2.75) is 19.4 Å². The molecule has 2 amide bonds. The highest BCUT2D eigenvalue weighted by Gasteiger charge is 2.26. The van der Waals surface area contributed by atoms with Gasteiger partial charge in [0.25, 0.3) is 0 Å². The lowest BCUT2D eigenvalue weighted by Crippen LogP contribution is -2.35. The molecule has 0 spiro atoms. The highest BCUT2D eigenvalue weighted by molar-refractivity contribution is 6.30. The Morgan fingerprint density at radius 1 is 1.29 bits per heavy atom. The molecule has 0 unspecified atom stereocenters. The minimum Gasteiger partial charge on any atom is -0.493 e. The van der Waals surface area contributed by atoms with Crippen LogP contribution in [0.2, 0.25) is 5.02 Å². The monoisotopic (exact) mass is 346 g/mol. The second-order valence-electron chi connectivity index (χ2n) is 5.68. The summed E-state index contributed by atoms with van der Waals surface area (Å²) < 4.78 is 11.1. The summed E-state index contributed by atoms with van der Waals surface area (Å²) in [6.45, 7) is 2.51. The maximum absolute atomic E-state index is 12.3. The first-order chi connectivity index (χ1) is 11.6. The highest BCUT2D eigenvalue weighted by Crippen LogP contribution is 2.40. The van der Waals surface area contributed by atoms with Crippen molar-refractivity contribution in [1.29, 1.82) is 0 Å². The molecule has 1 aliphatic heterocycles. The van der Waals surface area contributed by atoms with E-state index in [0.29, 0.717) is 35.2 Å². The minimum absolute atomic E-state index is 0.130. The number of carbonyl (C=O) groups excluding carboxylic acids is 1. The summed E-state index contributed by atoms with van der Waals surface area (Å²) in [6.07, 6.45) is 0.702. The highest BCUT2D eigenvalue weighted by atomic mass is 35.5. The first kappa shape index (κ1) is 16.5. The number of rotatable bonds is 3. The molecule has 0 aliphatic carbocycles. The number of urea groups is 1. The van der Waals surface area contributed by atoms with E-state index in [1.807, 2.05) is 19.1 Å². The zero-order valence-corrected chi connectivity index (χ0v) is 14.3. The van der Waals surface area contributed by atoms with Gasteiger partial charge in [0.05, 0.1) is 19.8 Å². The molecule has 6 heteroatoms. The van der Waals surface area contributed by atoms with Gasteiger partial charge in [-0.15, -0.1) is 0 Å². The summed E-state index contributed by atoms with van der Waals surface area (Å²) >= 11 is 5.85. The normalized spacial score (nSPS) is 15.9. The Kier molecular flexibility index (Phi) is 4.81. The minimum atomic E-state index is -0.268. The van der Waals surface area contributed by atoms with E-state index < -0.39 is 0 Å². The van der Waals surface area contributed by atoms with Gasteiger partial charge >= 0.3 is 6.03 Å². The van der Waals surface area contributed by atoms with Crippen molar-refractivity contribution in [3.63, 3.8) is 0 Å². The molecule has 0 saturated heterocycles. The number of hydrogen-bond donors (Lipinski definition) is 2. The Morgan fingerprint density at radius 3 is 2.75 bits per heavy atom. The van der Waals surface area contributed by atoms with E-state index >= 15 is 0 Å².